The monoisotopic (exact) mass is 252 g/mol. The van der Waals surface area contributed by atoms with Gasteiger partial charge < -0.3 is 10.8 Å². The molecule has 1 amide bonds. The van der Waals surface area contributed by atoms with Crippen LogP contribution in [-0.2, 0) is 6.54 Å². The van der Waals surface area contributed by atoms with Crippen LogP contribution in [0.15, 0.2) is 17.8 Å². The molecule has 0 fully saturated rings. The second-order valence-corrected chi connectivity index (χ2v) is 4.17. The smallest absolute Gasteiger partial charge is 0.338 e. The fraction of sp³-hybridized carbons (Fsp3) is 0.111. The minimum Gasteiger partial charge on any atom is -0.478 e. The van der Waals surface area contributed by atoms with Crippen molar-refractivity contribution >= 4 is 23.2 Å². The van der Waals surface area contributed by atoms with Gasteiger partial charge in [0.2, 0.25) is 0 Å². The van der Waals surface area contributed by atoms with Gasteiger partial charge in [-0.05, 0) is 0 Å². The number of thiazole rings is 1. The lowest BCUT2D eigenvalue weighted by atomic mass is 10.4. The maximum atomic E-state index is 10.8. The van der Waals surface area contributed by atoms with E-state index in [9.17, 15) is 9.59 Å². The van der Waals surface area contributed by atoms with Crippen molar-refractivity contribution in [2.75, 3.05) is 0 Å². The van der Waals surface area contributed by atoms with Crippen molar-refractivity contribution in [3.05, 3.63) is 34.0 Å². The summed E-state index contributed by atoms with van der Waals surface area (Å²) < 4.78 is 1.44. The van der Waals surface area contributed by atoms with E-state index >= 15 is 0 Å². The number of carbonyl (C=O) groups is 2. The molecule has 8 heteroatoms. The molecule has 0 saturated carbocycles. The number of rotatable bonds is 4. The van der Waals surface area contributed by atoms with E-state index in [1.165, 1.54) is 28.4 Å². The third kappa shape index (κ3) is 2.48. The van der Waals surface area contributed by atoms with Crippen molar-refractivity contribution in [1.29, 1.82) is 0 Å². The predicted molar refractivity (Wildman–Crippen MR) is 58.9 cm³/mol. The number of primary amides is 1. The Morgan fingerprint density at radius 3 is 2.82 bits per heavy atom. The van der Waals surface area contributed by atoms with Gasteiger partial charge in [0, 0.05) is 11.6 Å². The Kier molecular flexibility index (Phi) is 2.88. The first kappa shape index (κ1) is 11.3. The van der Waals surface area contributed by atoms with Crippen LogP contribution in [0, 0.1) is 0 Å². The molecule has 88 valence electrons. The second kappa shape index (κ2) is 4.34. The van der Waals surface area contributed by atoms with Crippen LogP contribution in [0.3, 0.4) is 0 Å². The quantitative estimate of drug-likeness (QED) is 0.806. The summed E-state index contributed by atoms with van der Waals surface area (Å²) in [6.45, 7) is 0.311. The number of carboxylic acids is 1. The van der Waals surface area contributed by atoms with Crippen molar-refractivity contribution in [3.63, 3.8) is 0 Å². The molecule has 3 N–H and O–H groups in total. The van der Waals surface area contributed by atoms with E-state index in [0.717, 1.165) is 0 Å². The summed E-state index contributed by atoms with van der Waals surface area (Å²) in [5.41, 5.74) is 5.38. The molecule has 0 radical (unpaired) electrons. The molecule has 0 aliphatic heterocycles. The van der Waals surface area contributed by atoms with E-state index in [0.29, 0.717) is 11.6 Å². The number of amides is 1. The molecule has 0 spiro atoms. The molecule has 2 aromatic heterocycles. The Bertz CT molecular complexity index is 524. The molecule has 0 bridgehead atoms. The van der Waals surface area contributed by atoms with E-state index in [2.05, 4.69) is 10.1 Å². The van der Waals surface area contributed by atoms with Crippen LogP contribution in [0.1, 0.15) is 25.9 Å². The highest BCUT2D eigenvalue weighted by Crippen LogP contribution is 2.11. The molecule has 2 heterocycles. The zero-order valence-electron chi connectivity index (χ0n) is 8.53. The van der Waals surface area contributed by atoms with Crippen molar-refractivity contribution < 1.29 is 14.7 Å². The van der Waals surface area contributed by atoms with E-state index in [1.807, 2.05) is 0 Å². The van der Waals surface area contributed by atoms with Gasteiger partial charge in [-0.3, -0.25) is 9.48 Å². The summed E-state index contributed by atoms with van der Waals surface area (Å²) in [5.74, 6) is -1.62. The number of aromatic carboxylic acids is 1. The van der Waals surface area contributed by atoms with Gasteiger partial charge in [-0.2, -0.15) is 5.10 Å². The number of nitrogens with two attached hydrogens (primary N) is 1. The number of hydrogen-bond donors (Lipinski definition) is 2. The van der Waals surface area contributed by atoms with E-state index in [1.54, 1.807) is 5.38 Å². The van der Waals surface area contributed by atoms with Gasteiger partial charge in [-0.15, -0.1) is 11.3 Å². The van der Waals surface area contributed by atoms with Gasteiger partial charge >= 0.3 is 5.97 Å². The molecule has 2 aromatic rings. The highest BCUT2D eigenvalue weighted by atomic mass is 32.1. The van der Waals surface area contributed by atoms with Gasteiger partial charge in [0.05, 0.1) is 18.3 Å². The molecular weight excluding hydrogens is 244 g/mol. The van der Waals surface area contributed by atoms with Gasteiger partial charge in [0.1, 0.15) is 10.7 Å². The topological polar surface area (TPSA) is 111 Å². The summed E-state index contributed by atoms with van der Waals surface area (Å²) >= 11 is 1.27. The van der Waals surface area contributed by atoms with E-state index in [4.69, 9.17) is 10.8 Å². The molecular formula is C9H8N4O3S. The van der Waals surface area contributed by atoms with Crippen molar-refractivity contribution in [2.24, 2.45) is 5.73 Å². The van der Waals surface area contributed by atoms with Crippen LogP contribution >= 0.6 is 11.3 Å². The highest BCUT2D eigenvalue weighted by Gasteiger charge is 2.09. The Labute approximate surface area is 99.5 Å². The Morgan fingerprint density at radius 1 is 1.53 bits per heavy atom. The molecule has 2 rings (SSSR count). The fourth-order valence-corrected chi connectivity index (χ4v) is 1.97. The minimum absolute atomic E-state index is 0.108. The molecule has 0 aromatic carbocycles. The number of carboxylic acid groups (broad SMARTS) is 1. The van der Waals surface area contributed by atoms with Crippen LogP contribution in [0.4, 0.5) is 0 Å². The maximum Gasteiger partial charge on any atom is 0.338 e. The number of nitrogens with zero attached hydrogens (tertiary/aromatic N) is 3. The average molecular weight is 252 g/mol. The van der Waals surface area contributed by atoms with Gasteiger partial charge in [-0.25, -0.2) is 9.78 Å². The summed E-state index contributed by atoms with van der Waals surface area (Å²) in [5, 5.41) is 14.8. The van der Waals surface area contributed by atoms with Crippen molar-refractivity contribution in [1.82, 2.24) is 14.8 Å². The first-order valence-corrected chi connectivity index (χ1v) is 5.44. The third-order valence-electron chi connectivity index (χ3n) is 1.98. The number of hydrogen-bond acceptors (Lipinski definition) is 5. The first-order valence-electron chi connectivity index (χ1n) is 4.56. The fourth-order valence-electron chi connectivity index (χ4n) is 1.20. The molecule has 0 aliphatic rings. The zero-order chi connectivity index (χ0) is 12.4. The molecule has 17 heavy (non-hydrogen) atoms. The lowest BCUT2D eigenvalue weighted by Gasteiger charge is -1.95. The zero-order valence-corrected chi connectivity index (χ0v) is 9.35. The summed E-state index contributed by atoms with van der Waals surface area (Å²) in [7, 11) is 0. The Morgan fingerprint density at radius 2 is 2.29 bits per heavy atom. The highest BCUT2D eigenvalue weighted by molar-refractivity contribution is 7.09. The Hall–Kier alpha value is -2.22. The van der Waals surface area contributed by atoms with Gasteiger partial charge in [0.25, 0.3) is 5.91 Å². The second-order valence-electron chi connectivity index (χ2n) is 3.22. The maximum absolute atomic E-state index is 10.8. The van der Waals surface area contributed by atoms with Crippen molar-refractivity contribution in [3.8, 4) is 0 Å². The summed E-state index contributed by atoms with van der Waals surface area (Å²) in [6, 6.07) is 0. The third-order valence-corrected chi connectivity index (χ3v) is 2.82. The normalized spacial score (nSPS) is 10.4. The minimum atomic E-state index is -1.03. The lowest BCUT2D eigenvalue weighted by molar-refractivity contribution is 0.0696. The SMILES string of the molecule is NC(=O)c1csc(Cn2cc(C(=O)O)cn2)n1. The van der Waals surface area contributed by atoms with Crippen LogP contribution in [-0.4, -0.2) is 31.7 Å². The standard InChI is InChI=1S/C9H8N4O3S/c10-8(14)6-4-17-7(12-6)3-13-2-5(1-11-13)9(15)16/h1-2,4H,3H2,(H2,10,14)(H,15,16). The lowest BCUT2D eigenvalue weighted by Crippen LogP contribution is -2.11. The molecule has 0 saturated heterocycles. The summed E-state index contributed by atoms with van der Waals surface area (Å²) in [4.78, 5) is 25.5. The Balaban J connectivity index is 2.13. The van der Waals surface area contributed by atoms with Crippen LogP contribution in [0.5, 0.6) is 0 Å². The van der Waals surface area contributed by atoms with Gasteiger partial charge in [0.15, 0.2) is 0 Å². The van der Waals surface area contributed by atoms with Crippen molar-refractivity contribution in [2.45, 2.75) is 6.54 Å². The first-order chi connectivity index (χ1) is 8.06. The van der Waals surface area contributed by atoms with Crippen LogP contribution in [0.25, 0.3) is 0 Å². The van der Waals surface area contributed by atoms with E-state index in [-0.39, 0.29) is 11.3 Å². The van der Waals surface area contributed by atoms with Crippen LogP contribution in [0.2, 0.25) is 0 Å². The van der Waals surface area contributed by atoms with E-state index < -0.39 is 11.9 Å². The average Bonchev–Trinajstić information content (AvgIpc) is 2.87. The number of carbonyl (C=O) groups excluding carboxylic acids is 1. The molecule has 0 aliphatic carbocycles. The summed E-state index contributed by atoms with van der Waals surface area (Å²) in [6.07, 6.45) is 2.65. The molecule has 0 atom stereocenters. The van der Waals surface area contributed by atoms with Gasteiger partial charge in [-0.1, -0.05) is 0 Å². The largest absolute Gasteiger partial charge is 0.478 e. The molecule has 7 nitrogen and oxygen atoms in total. The predicted octanol–water partition coefficient (Wildman–Crippen LogP) is 0.185. The number of aromatic nitrogens is 3. The molecule has 0 unspecified atom stereocenters. The van der Waals surface area contributed by atoms with Crippen LogP contribution < -0.4 is 5.73 Å².